The Kier molecular flexibility index (Phi) is 5.24. The predicted molar refractivity (Wildman–Crippen MR) is 108 cm³/mol. The van der Waals surface area contributed by atoms with Crippen LogP contribution in [0.3, 0.4) is 0 Å². The molecule has 3 aromatic heterocycles. The highest BCUT2D eigenvalue weighted by Crippen LogP contribution is 2.21. The van der Waals surface area contributed by atoms with E-state index in [1.54, 1.807) is 48.7 Å². The Labute approximate surface area is 167 Å². The molecule has 0 saturated heterocycles. The molecule has 1 aromatic carbocycles. The molecule has 0 fully saturated rings. The molecular formula is C23H19FN4O. The van der Waals surface area contributed by atoms with Crippen molar-refractivity contribution in [2.75, 3.05) is 0 Å². The molecule has 144 valence electrons. The summed E-state index contributed by atoms with van der Waals surface area (Å²) in [7, 11) is 0. The van der Waals surface area contributed by atoms with Crippen LogP contribution >= 0.6 is 0 Å². The van der Waals surface area contributed by atoms with Gasteiger partial charge in [0.1, 0.15) is 5.82 Å². The lowest BCUT2D eigenvalue weighted by molar-refractivity contribution is 0.0729. The second-order valence-electron chi connectivity index (χ2n) is 6.84. The summed E-state index contributed by atoms with van der Waals surface area (Å²) in [5, 5.41) is 0.727. The van der Waals surface area contributed by atoms with Crippen molar-refractivity contribution >= 4 is 16.8 Å². The van der Waals surface area contributed by atoms with E-state index in [1.165, 1.54) is 12.1 Å². The monoisotopic (exact) mass is 386 g/mol. The second kappa shape index (κ2) is 8.14. The summed E-state index contributed by atoms with van der Waals surface area (Å²) < 4.78 is 13.5. The fraction of sp³-hybridized carbons (Fsp3) is 0.130. The van der Waals surface area contributed by atoms with Crippen molar-refractivity contribution in [3.8, 4) is 0 Å². The van der Waals surface area contributed by atoms with Crippen LogP contribution in [0.5, 0.6) is 0 Å². The van der Waals surface area contributed by atoms with Crippen LogP contribution in [0.1, 0.15) is 27.2 Å². The van der Waals surface area contributed by atoms with E-state index in [1.807, 2.05) is 24.3 Å². The van der Waals surface area contributed by atoms with Gasteiger partial charge in [0, 0.05) is 49.3 Å². The predicted octanol–water partition coefficient (Wildman–Crippen LogP) is 4.31. The van der Waals surface area contributed by atoms with Crippen LogP contribution in [0.15, 0.2) is 73.3 Å². The first-order chi connectivity index (χ1) is 14.1. The molecule has 0 radical (unpaired) electrons. The first-order valence-corrected chi connectivity index (χ1v) is 9.24. The highest BCUT2D eigenvalue weighted by molar-refractivity contribution is 5.98. The van der Waals surface area contributed by atoms with Crippen molar-refractivity contribution in [2.24, 2.45) is 0 Å². The third-order valence-corrected chi connectivity index (χ3v) is 4.71. The molecule has 4 rings (SSSR count). The third kappa shape index (κ3) is 4.27. The number of hydrogen-bond donors (Lipinski definition) is 0. The summed E-state index contributed by atoms with van der Waals surface area (Å²) in [6.07, 6.45) is 6.87. The fourth-order valence-corrected chi connectivity index (χ4v) is 3.24. The summed E-state index contributed by atoms with van der Waals surface area (Å²) in [5.74, 6) is -0.485. The number of fused-ring (bicyclic) bond motifs is 1. The lowest BCUT2D eigenvalue weighted by Crippen LogP contribution is -2.31. The Morgan fingerprint density at radius 2 is 1.76 bits per heavy atom. The van der Waals surface area contributed by atoms with Crippen molar-refractivity contribution in [1.29, 1.82) is 0 Å². The Morgan fingerprint density at radius 1 is 0.966 bits per heavy atom. The highest BCUT2D eigenvalue weighted by Gasteiger charge is 2.20. The van der Waals surface area contributed by atoms with Crippen LogP contribution in [0.2, 0.25) is 0 Å². The van der Waals surface area contributed by atoms with Gasteiger partial charge in [-0.2, -0.15) is 0 Å². The normalized spacial score (nSPS) is 10.8. The number of pyridine rings is 3. The Morgan fingerprint density at radius 3 is 2.52 bits per heavy atom. The zero-order valence-corrected chi connectivity index (χ0v) is 15.9. The SMILES string of the molecule is Cc1nc2cc(F)ccc2cc1C(=O)N(Cc1ccncc1)Cc1cccnc1. The Bertz CT molecular complexity index is 1110. The molecule has 3 heterocycles. The minimum atomic E-state index is -0.348. The van der Waals surface area contributed by atoms with Crippen LogP contribution in [-0.4, -0.2) is 25.8 Å². The molecule has 1 amide bonds. The van der Waals surface area contributed by atoms with Crippen LogP contribution in [0.4, 0.5) is 4.39 Å². The smallest absolute Gasteiger partial charge is 0.256 e. The van der Waals surface area contributed by atoms with Crippen LogP contribution in [0, 0.1) is 12.7 Å². The maximum Gasteiger partial charge on any atom is 0.256 e. The quantitative estimate of drug-likeness (QED) is 0.513. The Balaban J connectivity index is 1.71. The van der Waals surface area contributed by atoms with Gasteiger partial charge in [-0.25, -0.2) is 4.39 Å². The van der Waals surface area contributed by atoms with Gasteiger partial charge >= 0.3 is 0 Å². The molecule has 0 atom stereocenters. The zero-order chi connectivity index (χ0) is 20.2. The molecular weight excluding hydrogens is 367 g/mol. The molecule has 6 heteroatoms. The van der Waals surface area contributed by atoms with Gasteiger partial charge in [0.2, 0.25) is 0 Å². The van der Waals surface area contributed by atoms with Crippen LogP contribution < -0.4 is 0 Å². The summed E-state index contributed by atoms with van der Waals surface area (Å²) >= 11 is 0. The molecule has 5 nitrogen and oxygen atoms in total. The number of nitrogens with zero attached hydrogens (tertiary/aromatic N) is 4. The first-order valence-electron chi connectivity index (χ1n) is 9.24. The van der Waals surface area contributed by atoms with E-state index < -0.39 is 0 Å². The fourth-order valence-electron chi connectivity index (χ4n) is 3.24. The molecule has 0 bridgehead atoms. The van der Waals surface area contributed by atoms with E-state index in [2.05, 4.69) is 15.0 Å². The molecule has 4 aromatic rings. The van der Waals surface area contributed by atoms with Crippen LogP contribution in [-0.2, 0) is 13.1 Å². The third-order valence-electron chi connectivity index (χ3n) is 4.71. The van der Waals surface area contributed by atoms with E-state index >= 15 is 0 Å². The number of aryl methyl sites for hydroxylation is 1. The summed E-state index contributed by atoms with van der Waals surface area (Å²) in [6, 6.07) is 13.7. The molecule has 0 N–H and O–H groups in total. The topological polar surface area (TPSA) is 59.0 Å². The number of amides is 1. The lowest BCUT2D eigenvalue weighted by Gasteiger charge is -2.24. The van der Waals surface area contributed by atoms with Crippen molar-refractivity contribution in [3.05, 3.63) is 102 Å². The standard InChI is InChI=1S/C23H19FN4O/c1-16-21(11-19-4-5-20(24)12-22(19)27-16)23(29)28(14-17-6-9-25-10-7-17)15-18-3-2-8-26-13-18/h2-13H,14-15H2,1H3. The number of rotatable bonds is 5. The first kappa shape index (κ1) is 18.7. The maximum atomic E-state index is 13.5. The Hall–Kier alpha value is -3.67. The van der Waals surface area contributed by atoms with Crippen LogP contribution in [0.25, 0.3) is 10.9 Å². The minimum absolute atomic E-state index is 0.137. The van der Waals surface area contributed by atoms with E-state index in [0.29, 0.717) is 29.9 Å². The number of carbonyl (C=O) groups excluding carboxylic acids is 1. The minimum Gasteiger partial charge on any atom is -0.330 e. The molecule has 0 saturated carbocycles. The van der Waals surface area contributed by atoms with Gasteiger partial charge in [0.15, 0.2) is 0 Å². The van der Waals surface area contributed by atoms with Crippen molar-refractivity contribution in [1.82, 2.24) is 19.9 Å². The molecule has 0 unspecified atom stereocenters. The highest BCUT2D eigenvalue weighted by atomic mass is 19.1. The maximum absolute atomic E-state index is 13.5. The molecule has 0 aliphatic rings. The van der Waals surface area contributed by atoms with E-state index in [0.717, 1.165) is 16.5 Å². The van der Waals surface area contributed by atoms with E-state index in [4.69, 9.17) is 0 Å². The summed E-state index contributed by atoms with van der Waals surface area (Å²) in [6.45, 7) is 2.61. The second-order valence-corrected chi connectivity index (χ2v) is 6.84. The largest absolute Gasteiger partial charge is 0.330 e. The number of carbonyl (C=O) groups is 1. The van der Waals surface area contributed by atoms with Crippen molar-refractivity contribution in [3.63, 3.8) is 0 Å². The van der Waals surface area contributed by atoms with E-state index in [-0.39, 0.29) is 11.7 Å². The van der Waals surface area contributed by atoms with Gasteiger partial charge < -0.3 is 4.90 Å². The summed E-state index contributed by atoms with van der Waals surface area (Å²) in [5.41, 5.74) is 3.52. The van der Waals surface area contributed by atoms with Gasteiger partial charge in [-0.1, -0.05) is 6.07 Å². The van der Waals surface area contributed by atoms with Gasteiger partial charge in [-0.15, -0.1) is 0 Å². The number of halogens is 1. The number of aromatic nitrogens is 3. The number of benzene rings is 1. The molecule has 0 aliphatic carbocycles. The average molecular weight is 386 g/mol. The summed E-state index contributed by atoms with van der Waals surface area (Å²) in [4.78, 5) is 27.8. The molecule has 29 heavy (non-hydrogen) atoms. The average Bonchev–Trinajstić information content (AvgIpc) is 2.74. The van der Waals surface area contributed by atoms with Gasteiger partial charge in [-0.05, 0) is 54.4 Å². The van der Waals surface area contributed by atoms with Crippen molar-refractivity contribution < 1.29 is 9.18 Å². The molecule has 0 aliphatic heterocycles. The van der Waals surface area contributed by atoms with Gasteiger partial charge in [-0.3, -0.25) is 19.7 Å². The molecule has 0 spiro atoms. The van der Waals surface area contributed by atoms with Gasteiger partial charge in [0.25, 0.3) is 5.91 Å². The van der Waals surface area contributed by atoms with Crippen molar-refractivity contribution in [2.45, 2.75) is 20.0 Å². The van der Waals surface area contributed by atoms with E-state index in [9.17, 15) is 9.18 Å². The lowest BCUT2D eigenvalue weighted by atomic mass is 10.1. The number of hydrogen-bond acceptors (Lipinski definition) is 4. The van der Waals surface area contributed by atoms with Gasteiger partial charge in [0.05, 0.1) is 16.8 Å². The zero-order valence-electron chi connectivity index (χ0n) is 15.9.